The second kappa shape index (κ2) is 6.27. The average molecular weight is 276 g/mol. The molecule has 1 aliphatic rings. The van der Waals surface area contributed by atoms with Gasteiger partial charge >= 0.3 is 0 Å². The molecule has 0 aliphatic heterocycles. The molecule has 1 aromatic carbocycles. The molecular weight excluding hydrogens is 252 g/mol. The summed E-state index contributed by atoms with van der Waals surface area (Å²) in [5.74, 6) is 1.20. The van der Waals surface area contributed by atoms with Gasteiger partial charge < -0.3 is 15.8 Å². The Labute approximate surface area is 120 Å². The van der Waals surface area contributed by atoms with Crippen LogP contribution in [0.2, 0.25) is 0 Å². The third-order valence-electron chi connectivity index (χ3n) is 4.25. The first kappa shape index (κ1) is 14.9. The van der Waals surface area contributed by atoms with E-state index >= 15 is 0 Å². The number of carbonyl (C=O) groups excluding carboxylic acids is 1. The fraction of sp³-hybridized carbons (Fsp3) is 0.562. The van der Waals surface area contributed by atoms with Gasteiger partial charge in [-0.25, -0.2) is 0 Å². The first-order valence-electron chi connectivity index (χ1n) is 7.22. The van der Waals surface area contributed by atoms with Crippen molar-refractivity contribution in [3.8, 4) is 5.75 Å². The van der Waals surface area contributed by atoms with Crippen LogP contribution in [-0.4, -0.2) is 19.1 Å². The standard InChI is InChI=1S/C16H24N2O2/c1-10-7-8-14(11(2)16(10)20-3)18-15(19)9-12-5-4-6-13(12)17/h7-8,12-13H,4-6,9,17H2,1-3H3,(H,18,19)/t12-,13+/m0/s1. The minimum absolute atomic E-state index is 0.0429. The summed E-state index contributed by atoms with van der Waals surface area (Å²) in [6.45, 7) is 3.96. The number of nitrogens with two attached hydrogens (primary N) is 1. The Bertz CT molecular complexity index is 499. The van der Waals surface area contributed by atoms with Crippen LogP contribution in [0.3, 0.4) is 0 Å². The molecule has 0 saturated heterocycles. The number of benzene rings is 1. The molecule has 2 rings (SSSR count). The highest BCUT2D eigenvalue weighted by Gasteiger charge is 2.26. The Morgan fingerprint density at radius 2 is 2.15 bits per heavy atom. The van der Waals surface area contributed by atoms with Gasteiger partial charge in [-0.05, 0) is 44.2 Å². The molecule has 0 radical (unpaired) electrons. The van der Waals surface area contributed by atoms with E-state index in [4.69, 9.17) is 10.5 Å². The lowest BCUT2D eigenvalue weighted by Crippen LogP contribution is -2.28. The maximum absolute atomic E-state index is 12.1. The van der Waals surface area contributed by atoms with Crippen molar-refractivity contribution in [2.24, 2.45) is 11.7 Å². The molecule has 0 heterocycles. The van der Waals surface area contributed by atoms with Crippen molar-refractivity contribution in [1.29, 1.82) is 0 Å². The Hall–Kier alpha value is -1.55. The Morgan fingerprint density at radius 1 is 1.40 bits per heavy atom. The molecular formula is C16H24N2O2. The van der Waals surface area contributed by atoms with Gasteiger partial charge in [0, 0.05) is 23.7 Å². The van der Waals surface area contributed by atoms with E-state index in [-0.39, 0.29) is 11.9 Å². The van der Waals surface area contributed by atoms with Crippen LogP contribution in [0.25, 0.3) is 0 Å². The molecule has 1 saturated carbocycles. The lowest BCUT2D eigenvalue weighted by molar-refractivity contribution is -0.117. The molecule has 3 N–H and O–H groups in total. The van der Waals surface area contributed by atoms with Crippen LogP contribution in [0, 0.1) is 19.8 Å². The number of carbonyl (C=O) groups is 1. The highest BCUT2D eigenvalue weighted by molar-refractivity contribution is 5.92. The molecule has 4 heteroatoms. The first-order chi connectivity index (χ1) is 9.52. The predicted molar refractivity (Wildman–Crippen MR) is 81.0 cm³/mol. The van der Waals surface area contributed by atoms with Crippen molar-refractivity contribution >= 4 is 11.6 Å². The zero-order chi connectivity index (χ0) is 14.7. The number of anilines is 1. The fourth-order valence-electron chi connectivity index (χ4n) is 3.03. The maximum Gasteiger partial charge on any atom is 0.224 e. The van der Waals surface area contributed by atoms with Gasteiger partial charge in [-0.1, -0.05) is 12.5 Å². The van der Waals surface area contributed by atoms with Gasteiger partial charge in [0.05, 0.1) is 7.11 Å². The van der Waals surface area contributed by atoms with Crippen molar-refractivity contribution in [3.05, 3.63) is 23.3 Å². The van der Waals surface area contributed by atoms with Crippen LogP contribution >= 0.6 is 0 Å². The maximum atomic E-state index is 12.1. The van der Waals surface area contributed by atoms with E-state index in [2.05, 4.69) is 5.32 Å². The van der Waals surface area contributed by atoms with Gasteiger partial charge in [-0.3, -0.25) is 4.79 Å². The lowest BCUT2D eigenvalue weighted by atomic mass is 9.99. The van der Waals surface area contributed by atoms with E-state index in [0.717, 1.165) is 41.8 Å². The van der Waals surface area contributed by atoms with Crippen LogP contribution in [0.5, 0.6) is 5.75 Å². The molecule has 1 aliphatic carbocycles. The summed E-state index contributed by atoms with van der Waals surface area (Å²) in [4.78, 5) is 12.1. The smallest absolute Gasteiger partial charge is 0.224 e. The van der Waals surface area contributed by atoms with Crippen molar-refractivity contribution < 1.29 is 9.53 Å². The topological polar surface area (TPSA) is 64.3 Å². The highest BCUT2D eigenvalue weighted by Crippen LogP contribution is 2.30. The summed E-state index contributed by atoms with van der Waals surface area (Å²) in [5.41, 5.74) is 8.88. The minimum Gasteiger partial charge on any atom is -0.496 e. The van der Waals surface area contributed by atoms with Crippen molar-refractivity contribution in [2.75, 3.05) is 12.4 Å². The zero-order valence-electron chi connectivity index (χ0n) is 12.5. The van der Waals surface area contributed by atoms with E-state index < -0.39 is 0 Å². The monoisotopic (exact) mass is 276 g/mol. The third kappa shape index (κ3) is 3.12. The van der Waals surface area contributed by atoms with E-state index in [1.807, 2.05) is 26.0 Å². The fourth-order valence-corrected chi connectivity index (χ4v) is 3.03. The second-order valence-electron chi connectivity index (χ2n) is 5.70. The second-order valence-corrected chi connectivity index (χ2v) is 5.70. The van der Waals surface area contributed by atoms with E-state index in [9.17, 15) is 4.79 Å². The number of nitrogens with one attached hydrogen (secondary N) is 1. The van der Waals surface area contributed by atoms with Gasteiger partial charge in [0.15, 0.2) is 0 Å². The molecule has 1 amide bonds. The molecule has 0 bridgehead atoms. The number of hydrogen-bond acceptors (Lipinski definition) is 3. The predicted octanol–water partition coefficient (Wildman–Crippen LogP) is 2.77. The van der Waals surface area contributed by atoms with Crippen LogP contribution in [0.4, 0.5) is 5.69 Å². The first-order valence-corrected chi connectivity index (χ1v) is 7.22. The number of amides is 1. The molecule has 2 atom stereocenters. The Balaban J connectivity index is 2.04. The van der Waals surface area contributed by atoms with Gasteiger partial charge in [-0.15, -0.1) is 0 Å². The lowest BCUT2D eigenvalue weighted by Gasteiger charge is -2.17. The van der Waals surface area contributed by atoms with E-state index in [1.54, 1.807) is 7.11 Å². The number of methoxy groups -OCH3 is 1. The molecule has 1 fully saturated rings. The number of ether oxygens (including phenoxy) is 1. The van der Waals surface area contributed by atoms with Crippen molar-refractivity contribution in [1.82, 2.24) is 0 Å². The molecule has 20 heavy (non-hydrogen) atoms. The van der Waals surface area contributed by atoms with Gasteiger partial charge in [0.2, 0.25) is 5.91 Å². The molecule has 110 valence electrons. The normalized spacial score (nSPS) is 21.8. The minimum atomic E-state index is 0.0429. The van der Waals surface area contributed by atoms with Gasteiger partial charge in [-0.2, -0.15) is 0 Å². The third-order valence-corrected chi connectivity index (χ3v) is 4.25. The number of aryl methyl sites for hydroxylation is 1. The molecule has 4 nitrogen and oxygen atoms in total. The summed E-state index contributed by atoms with van der Waals surface area (Å²) in [6.07, 6.45) is 3.74. The van der Waals surface area contributed by atoms with Gasteiger partial charge in [0.25, 0.3) is 0 Å². The summed E-state index contributed by atoms with van der Waals surface area (Å²) >= 11 is 0. The molecule has 0 spiro atoms. The Morgan fingerprint density at radius 3 is 2.75 bits per heavy atom. The highest BCUT2D eigenvalue weighted by atomic mass is 16.5. The summed E-state index contributed by atoms with van der Waals surface area (Å²) < 4.78 is 5.38. The molecule has 0 aromatic heterocycles. The average Bonchev–Trinajstić information content (AvgIpc) is 2.79. The SMILES string of the molecule is COc1c(C)ccc(NC(=O)C[C@@H]2CCC[C@H]2N)c1C. The molecule has 0 unspecified atom stereocenters. The van der Waals surface area contributed by atoms with Crippen molar-refractivity contribution in [2.45, 2.75) is 45.6 Å². The number of rotatable bonds is 4. The summed E-state index contributed by atoms with van der Waals surface area (Å²) in [7, 11) is 1.65. The van der Waals surface area contributed by atoms with Crippen LogP contribution in [0.15, 0.2) is 12.1 Å². The summed E-state index contributed by atoms with van der Waals surface area (Å²) in [6, 6.07) is 4.07. The van der Waals surface area contributed by atoms with Crippen LogP contribution in [-0.2, 0) is 4.79 Å². The zero-order valence-corrected chi connectivity index (χ0v) is 12.5. The number of hydrogen-bond donors (Lipinski definition) is 2. The Kier molecular flexibility index (Phi) is 4.65. The van der Waals surface area contributed by atoms with Crippen molar-refractivity contribution in [3.63, 3.8) is 0 Å². The largest absolute Gasteiger partial charge is 0.496 e. The van der Waals surface area contributed by atoms with E-state index in [1.165, 1.54) is 0 Å². The van der Waals surface area contributed by atoms with Crippen LogP contribution in [0.1, 0.15) is 36.8 Å². The summed E-state index contributed by atoms with van der Waals surface area (Å²) in [5, 5.41) is 2.99. The van der Waals surface area contributed by atoms with Gasteiger partial charge in [0.1, 0.15) is 5.75 Å². The molecule has 1 aromatic rings. The van der Waals surface area contributed by atoms with Crippen LogP contribution < -0.4 is 15.8 Å². The van der Waals surface area contributed by atoms with E-state index in [0.29, 0.717) is 12.3 Å². The quantitative estimate of drug-likeness (QED) is 0.888.